The summed E-state index contributed by atoms with van der Waals surface area (Å²) < 4.78 is 5.49. The third kappa shape index (κ3) is 59.7. The number of carbonyl (C=O) groups excluding carboxylic acids is 2. The Morgan fingerprint density at radius 1 is 0.370 bits per heavy atom. The quantitative estimate of drug-likeness (QED) is 0.0320. The van der Waals surface area contributed by atoms with Crippen LogP contribution in [0.15, 0.2) is 12.2 Å². The van der Waals surface area contributed by atoms with E-state index in [-0.39, 0.29) is 18.5 Å². The van der Waals surface area contributed by atoms with E-state index in [1.807, 2.05) is 0 Å². The molecule has 0 spiro atoms. The number of rotatable bonds is 63. The lowest BCUT2D eigenvalue weighted by atomic mass is 10.0. The van der Waals surface area contributed by atoms with E-state index >= 15 is 0 Å². The Morgan fingerprint density at radius 3 is 0.973 bits per heavy atom. The normalized spacial score (nSPS) is 12.5. The molecule has 0 radical (unpaired) electrons. The number of hydrogen-bond donors (Lipinski definition) is 3. The third-order valence-electron chi connectivity index (χ3n) is 15.8. The van der Waals surface area contributed by atoms with Crippen molar-refractivity contribution in [3.63, 3.8) is 0 Å². The molecule has 0 aliphatic heterocycles. The summed E-state index contributed by atoms with van der Waals surface area (Å²) in [5, 5.41) is 23.3. The molecule has 6 nitrogen and oxygen atoms in total. The Bertz CT molecular complexity index is 1100. The minimum Gasteiger partial charge on any atom is -0.466 e. The van der Waals surface area contributed by atoms with Gasteiger partial charge >= 0.3 is 5.97 Å². The summed E-state index contributed by atoms with van der Waals surface area (Å²) in [5.74, 6) is -0.0161. The third-order valence-corrected chi connectivity index (χ3v) is 15.8. The minimum absolute atomic E-state index is 0.0174. The summed E-state index contributed by atoms with van der Waals surface area (Å²) in [6.07, 6.45) is 76.7. The summed E-state index contributed by atoms with van der Waals surface area (Å²) in [6, 6.07) is -0.542. The van der Waals surface area contributed by atoms with Crippen LogP contribution in [0.25, 0.3) is 0 Å². The Labute approximate surface area is 457 Å². The first-order valence-corrected chi connectivity index (χ1v) is 33.4. The van der Waals surface area contributed by atoms with Crippen molar-refractivity contribution >= 4 is 11.9 Å². The fourth-order valence-corrected chi connectivity index (χ4v) is 10.7. The summed E-state index contributed by atoms with van der Waals surface area (Å²) >= 11 is 0. The summed E-state index contributed by atoms with van der Waals surface area (Å²) in [5.41, 5.74) is 0. The molecular formula is C67H131NO5. The van der Waals surface area contributed by atoms with Gasteiger partial charge in [0, 0.05) is 12.8 Å². The molecule has 0 saturated carbocycles. The van der Waals surface area contributed by atoms with E-state index in [1.165, 1.54) is 308 Å². The van der Waals surface area contributed by atoms with Gasteiger partial charge in [0.15, 0.2) is 0 Å². The lowest BCUT2D eigenvalue weighted by Crippen LogP contribution is -2.45. The molecular weight excluding hydrogens is 899 g/mol. The van der Waals surface area contributed by atoms with Crippen LogP contribution in [0.2, 0.25) is 0 Å². The van der Waals surface area contributed by atoms with Crippen LogP contribution in [0.4, 0.5) is 0 Å². The van der Waals surface area contributed by atoms with Gasteiger partial charge < -0.3 is 20.3 Å². The molecule has 0 fully saturated rings. The number of hydrogen-bond acceptors (Lipinski definition) is 5. The molecule has 0 saturated heterocycles. The van der Waals surface area contributed by atoms with Gasteiger partial charge in [-0.15, -0.1) is 0 Å². The van der Waals surface area contributed by atoms with E-state index in [0.29, 0.717) is 25.9 Å². The zero-order valence-electron chi connectivity index (χ0n) is 49.6. The van der Waals surface area contributed by atoms with Crippen molar-refractivity contribution in [1.29, 1.82) is 0 Å². The van der Waals surface area contributed by atoms with Crippen molar-refractivity contribution in [2.75, 3.05) is 13.2 Å². The van der Waals surface area contributed by atoms with E-state index < -0.39 is 12.1 Å². The average molecular weight is 1030 g/mol. The number of allylic oxidation sites excluding steroid dienone is 2. The maximum Gasteiger partial charge on any atom is 0.305 e. The lowest BCUT2D eigenvalue weighted by Gasteiger charge is -2.22. The molecule has 0 bridgehead atoms. The number of aliphatic hydroxyl groups is 2. The second-order valence-corrected chi connectivity index (χ2v) is 23.2. The number of ether oxygens (including phenoxy) is 1. The molecule has 0 aromatic carbocycles. The molecule has 0 heterocycles. The van der Waals surface area contributed by atoms with Crippen LogP contribution in [0, 0.1) is 0 Å². The zero-order chi connectivity index (χ0) is 52.9. The first-order valence-electron chi connectivity index (χ1n) is 33.4. The fraction of sp³-hybridized carbons (Fsp3) is 0.940. The number of nitrogens with one attached hydrogen (secondary N) is 1. The predicted octanol–water partition coefficient (Wildman–Crippen LogP) is 21.2. The first kappa shape index (κ1) is 71.6. The average Bonchev–Trinajstić information content (AvgIpc) is 3.39. The highest BCUT2D eigenvalue weighted by molar-refractivity contribution is 5.76. The first-order chi connectivity index (χ1) is 36.0. The van der Waals surface area contributed by atoms with Crippen LogP contribution in [0.1, 0.15) is 380 Å². The van der Waals surface area contributed by atoms with Gasteiger partial charge in [-0.2, -0.15) is 0 Å². The summed E-state index contributed by atoms with van der Waals surface area (Å²) in [6.45, 7) is 4.99. The highest BCUT2D eigenvalue weighted by atomic mass is 16.5. The molecule has 73 heavy (non-hydrogen) atoms. The number of carbonyl (C=O) groups is 2. The standard InChI is InChI=1S/C67H131NO5/c1-3-5-7-9-11-13-15-17-19-32-35-39-43-47-51-55-59-65(70)64(63-69)68-66(71)60-56-52-48-44-40-36-33-30-28-26-24-22-20-21-23-25-27-29-31-34-38-42-46-50-54-58-62-73-67(72)61-57-53-49-45-41-37-18-16-14-12-10-8-6-4-2/h20,22,64-65,69-70H,3-19,21,23-63H2,1-2H3,(H,68,71)/b22-20-. The molecule has 0 aromatic rings. The minimum atomic E-state index is -0.665. The van der Waals surface area contributed by atoms with E-state index in [9.17, 15) is 19.8 Å². The van der Waals surface area contributed by atoms with E-state index in [4.69, 9.17) is 4.74 Å². The van der Waals surface area contributed by atoms with Crippen LogP contribution in [-0.2, 0) is 14.3 Å². The maximum atomic E-state index is 12.5. The van der Waals surface area contributed by atoms with Crippen molar-refractivity contribution < 1.29 is 24.5 Å². The van der Waals surface area contributed by atoms with Crippen LogP contribution in [0.3, 0.4) is 0 Å². The Hall–Kier alpha value is -1.40. The van der Waals surface area contributed by atoms with E-state index in [2.05, 4.69) is 31.3 Å². The van der Waals surface area contributed by atoms with Crippen molar-refractivity contribution in [3.05, 3.63) is 12.2 Å². The van der Waals surface area contributed by atoms with Crippen LogP contribution in [0.5, 0.6) is 0 Å². The second kappa shape index (κ2) is 63.1. The second-order valence-electron chi connectivity index (χ2n) is 23.2. The Kier molecular flexibility index (Phi) is 61.9. The number of unbranched alkanes of at least 4 members (excludes halogenated alkanes) is 50. The SMILES string of the molecule is CCCCCCCCCCCCCCCCCCC(O)C(CO)NC(=O)CCCCCCCCCCCC/C=C\CCCCCCCCCCCCCCOC(=O)CCCCCCCCCCCCCCCC. The highest BCUT2D eigenvalue weighted by Gasteiger charge is 2.20. The van der Waals surface area contributed by atoms with Gasteiger partial charge in [-0.05, 0) is 51.4 Å². The molecule has 0 aromatic heterocycles. The topological polar surface area (TPSA) is 95.9 Å². The number of aliphatic hydroxyl groups excluding tert-OH is 2. The molecule has 2 unspecified atom stereocenters. The molecule has 0 rings (SSSR count). The maximum absolute atomic E-state index is 12.5. The molecule has 0 aliphatic rings. The van der Waals surface area contributed by atoms with E-state index in [1.54, 1.807) is 0 Å². The smallest absolute Gasteiger partial charge is 0.305 e. The van der Waals surface area contributed by atoms with Gasteiger partial charge in [-0.3, -0.25) is 9.59 Å². The largest absolute Gasteiger partial charge is 0.466 e. The Balaban J connectivity index is 3.37. The van der Waals surface area contributed by atoms with Crippen LogP contribution >= 0.6 is 0 Å². The molecule has 6 heteroatoms. The van der Waals surface area contributed by atoms with Gasteiger partial charge in [-0.1, -0.05) is 328 Å². The molecule has 2 atom stereocenters. The molecule has 1 amide bonds. The molecule has 434 valence electrons. The number of esters is 1. The van der Waals surface area contributed by atoms with Crippen LogP contribution < -0.4 is 5.32 Å². The van der Waals surface area contributed by atoms with Crippen LogP contribution in [-0.4, -0.2) is 47.4 Å². The molecule has 0 aliphatic carbocycles. The Morgan fingerprint density at radius 2 is 0.644 bits per heavy atom. The molecule has 3 N–H and O–H groups in total. The van der Waals surface area contributed by atoms with Crippen molar-refractivity contribution in [3.8, 4) is 0 Å². The predicted molar refractivity (Wildman–Crippen MR) is 320 cm³/mol. The van der Waals surface area contributed by atoms with Crippen molar-refractivity contribution in [2.45, 2.75) is 392 Å². The zero-order valence-corrected chi connectivity index (χ0v) is 49.6. The summed E-state index contributed by atoms with van der Waals surface area (Å²) in [4.78, 5) is 24.6. The van der Waals surface area contributed by atoms with Crippen molar-refractivity contribution in [2.24, 2.45) is 0 Å². The summed E-state index contributed by atoms with van der Waals surface area (Å²) in [7, 11) is 0. The lowest BCUT2D eigenvalue weighted by molar-refractivity contribution is -0.143. The van der Waals surface area contributed by atoms with E-state index in [0.717, 1.165) is 38.5 Å². The monoisotopic (exact) mass is 1030 g/mol. The van der Waals surface area contributed by atoms with Gasteiger partial charge in [0.25, 0.3) is 0 Å². The van der Waals surface area contributed by atoms with Gasteiger partial charge in [0.1, 0.15) is 0 Å². The van der Waals surface area contributed by atoms with Gasteiger partial charge in [0.05, 0.1) is 25.4 Å². The van der Waals surface area contributed by atoms with Gasteiger partial charge in [-0.25, -0.2) is 0 Å². The van der Waals surface area contributed by atoms with Crippen molar-refractivity contribution in [1.82, 2.24) is 5.32 Å². The van der Waals surface area contributed by atoms with Gasteiger partial charge in [0.2, 0.25) is 5.91 Å². The number of amides is 1. The fourth-order valence-electron chi connectivity index (χ4n) is 10.7. The highest BCUT2D eigenvalue weighted by Crippen LogP contribution is 2.19.